The molecule has 0 aliphatic heterocycles. The number of hydrogen-bond acceptors (Lipinski definition) is 4. The van der Waals surface area contributed by atoms with Crippen LogP contribution >= 0.6 is 0 Å². The predicted molar refractivity (Wildman–Crippen MR) is 30.6 cm³/mol. The van der Waals surface area contributed by atoms with Crippen LogP contribution in [0.4, 0.5) is 4.79 Å². The first-order valence-corrected chi connectivity index (χ1v) is 2.45. The number of carbonyl (C=O) groups is 1. The van der Waals surface area contributed by atoms with Gasteiger partial charge in [-0.25, -0.2) is 4.79 Å². The van der Waals surface area contributed by atoms with Gasteiger partial charge in [0.05, 0.1) is 12.6 Å². The lowest BCUT2D eigenvalue weighted by Crippen LogP contribution is -2.32. The number of primary amides is 1. The molecule has 0 fully saturated rings. The Hall–Kier alpha value is -0.810. The molecule has 0 spiro atoms. The summed E-state index contributed by atoms with van der Waals surface area (Å²) in [4.78, 5) is 9.88. The standard InChI is InChI=1S/C4H10N2O3/c5-3(1-7)2-9-4(6)8/h3,7H,1-2,5H2,(H2,6,8)/t3-/m0/s1. The van der Waals surface area contributed by atoms with E-state index in [1.807, 2.05) is 0 Å². The van der Waals surface area contributed by atoms with Gasteiger partial charge in [0.25, 0.3) is 0 Å². The SMILES string of the molecule is NC(=O)OC[C@@H](N)CO. The highest BCUT2D eigenvalue weighted by atomic mass is 16.5. The molecule has 0 aliphatic rings. The van der Waals surface area contributed by atoms with Crippen molar-refractivity contribution in [2.45, 2.75) is 6.04 Å². The number of aliphatic hydroxyl groups excluding tert-OH is 1. The van der Waals surface area contributed by atoms with Gasteiger partial charge < -0.3 is 21.3 Å². The van der Waals surface area contributed by atoms with Crippen molar-refractivity contribution in [2.24, 2.45) is 11.5 Å². The van der Waals surface area contributed by atoms with Crippen molar-refractivity contribution in [3.63, 3.8) is 0 Å². The first kappa shape index (κ1) is 8.19. The fourth-order valence-electron chi connectivity index (χ4n) is 0.242. The predicted octanol–water partition coefficient (Wildman–Crippen LogP) is -1.60. The molecule has 0 saturated carbocycles. The summed E-state index contributed by atoms with van der Waals surface area (Å²) in [5.41, 5.74) is 9.74. The van der Waals surface area contributed by atoms with Gasteiger partial charge in [0.1, 0.15) is 6.61 Å². The molecule has 54 valence electrons. The average molecular weight is 134 g/mol. The minimum absolute atomic E-state index is 0.0359. The molecule has 0 aromatic rings. The third kappa shape index (κ3) is 5.05. The van der Waals surface area contributed by atoms with Gasteiger partial charge in [-0.3, -0.25) is 0 Å². The highest BCUT2D eigenvalue weighted by Gasteiger charge is 2.01. The van der Waals surface area contributed by atoms with Crippen molar-refractivity contribution in [1.82, 2.24) is 0 Å². The van der Waals surface area contributed by atoms with Crippen molar-refractivity contribution < 1.29 is 14.6 Å². The van der Waals surface area contributed by atoms with Crippen LogP contribution in [0.5, 0.6) is 0 Å². The fraction of sp³-hybridized carbons (Fsp3) is 0.750. The summed E-state index contributed by atoms with van der Waals surface area (Å²) >= 11 is 0. The second-order valence-electron chi connectivity index (χ2n) is 1.57. The Morgan fingerprint density at radius 3 is 2.67 bits per heavy atom. The number of ether oxygens (including phenoxy) is 1. The zero-order valence-corrected chi connectivity index (χ0v) is 4.91. The Bertz CT molecular complexity index is 95.8. The van der Waals surface area contributed by atoms with Gasteiger partial charge in [-0.1, -0.05) is 0 Å². The molecule has 9 heavy (non-hydrogen) atoms. The molecular weight excluding hydrogens is 124 g/mol. The molecule has 0 bridgehead atoms. The normalized spacial score (nSPS) is 12.7. The van der Waals surface area contributed by atoms with E-state index in [0.29, 0.717) is 0 Å². The quantitative estimate of drug-likeness (QED) is 0.433. The second-order valence-corrected chi connectivity index (χ2v) is 1.57. The third-order valence-electron chi connectivity index (χ3n) is 0.674. The Morgan fingerprint density at radius 1 is 1.78 bits per heavy atom. The van der Waals surface area contributed by atoms with Crippen molar-refractivity contribution >= 4 is 6.09 Å². The van der Waals surface area contributed by atoms with Crippen LogP contribution < -0.4 is 11.5 Å². The zero-order chi connectivity index (χ0) is 7.28. The molecule has 5 nitrogen and oxygen atoms in total. The van der Waals surface area contributed by atoms with E-state index in [2.05, 4.69) is 10.5 Å². The maximum absolute atomic E-state index is 9.88. The summed E-state index contributed by atoms with van der Waals surface area (Å²) in [6.45, 7) is -0.251. The van der Waals surface area contributed by atoms with E-state index in [9.17, 15) is 4.79 Å². The van der Waals surface area contributed by atoms with Crippen LogP contribution in [-0.2, 0) is 4.74 Å². The molecule has 5 heteroatoms. The molecule has 0 aromatic carbocycles. The summed E-state index contributed by atoms with van der Waals surface area (Å²) in [5, 5.41) is 8.29. The van der Waals surface area contributed by atoms with Gasteiger partial charge in [-0.15, -0.1) is 0 Å². The largest absolute Gasteiger partial charge is 0.448 e. The Kier molecular flexibility index (Phi) is 3.74. The summed E-state index contributed by atoms with van der Waals surface area (Å²) in [6, 6.07) is -0.530. The number of carbonyl (C=O) groups excluding carboxylic acids is 1. The number of hydrogen-bond donors (Lipinski definition) is 3. The van der Waals surface area contributed by atoms with E-state index >= 15 is 0 Å². The van der Waals surface area contributed by atoms with Gasteiger partial charge in [0.2, 0.25) is 0 Å². The van der Waals surface area contributed by atoms with E-state index in [4.69, 9.17) is 10.8 Å². The van der Waals surface area contributed by atoms with E-state index in [1.54, 1.807) is 0 Å². The highest BCUT2D eigenvalue weighted by molar-refractivity contribution is 5.64. The van der Waals surface area contributed by atoms with Gasteiger partial charge >= 0.3 is 6.09 Å². The molecule has 1 atom stereocenters. The molecule has 0 unspecified atom stereocenters. The molecule has 5 N–H and O–H groups in total. The summed E-state index contributed by atoms with van der Waals surface area (Å²) in [5.74, 6) is 0. The lowest BCUT2D eigenvalue weighted by Gasteiger charge is -2.05. The van der Waals surface area contributed by atoms with Gasteiger partial charge in [-0.2, -0.15) is 0 Å². The van der Waals surface area contributed by atoms with Crippen LogP contribution in [0.1, 0.15) is 0 Å². The maximum atomic E-state index is 9.88. The van der Waals surface area contributed by atoms with Crippen LogP contribution in [0.25, 0.3) is 0 Å². The molecule has 0 heterocycles. The smallest absolute Gasteiger partial charge is 0.404 e. The average Bonchev–Trinajstić information content (AvgIpc) is 1.83. The summed E-state index contributed by atoms with van der Waals surface area (Å²) in [6.07, 6.45) is -0.876. The molecule has 0 aromatic heterocycles. The van der Waals surface area contributed by atoms with Crippen LogP contribution in [-0.4, -0.2) is 30.5 Å². The Balaban J connectivity index is 3.16. The van der Waals surface area contributed by atoms with Crippen molar-refractivity contribution in [3.05, 3.63) is 0 Å². The molecular formula is C4H10N2O3. The van der Waals surface area contributed by atoms with E-state index < -0.39 is 12.1 Å². The first-order valence-electron chi connectivity index (χ1n) is 2.45. The topological polar surface area (TPSA) is 98.6 Å². The maximum Gasteiger partial charge on any atom is 0.404 e. The van der Waals surface area contributed by atoms with Gasteiger partial charge in [-0.05, 0) is 0 Å². The molecule has 0 rings (SSSR count). The lowest BCUT2D eigenvalue weighted by atomic mass is 10.4. The van der Waals surface area contributed by atoms with E-state index in [0.717, 1.165) is 0 Å². The summed E-state index contributed by atoms with van der Waals surface area (Å²) < 4.78 is 4.25. The molecule has 0 aliphatic carbocycles. The molecule has 0 saturated heterocycles. The minimum Gasteiger partial charge on any atom is -0.448 e. The van der Waals surface area contributed by atoms with Crippen LogP contribution in [0.15, 0.2) is 0 Å². The van der Waals surface area contributed by atoms with Crippen LogP contribution in [0, 0.1) is 0 Å². The Morgan fingerprint density at radius 2 is 2.33 bits per heavy atom. The zero-order valence-electron chi connectivity index (χ0n) is 4.91. The van der Waals surface area contributed by atoms with Crippen molar-refractivity contribution in [3.8, 4) is 0 Å². The summed E-state index contributed by atoms with van der Waals surface area (Å²) in [7, 11) is 0. The number of aliphatic hydroxyl groups is 1. The second kappa shape index (κ2) is 4.11. The number of nitrogens with two attached hydrogens (primary N) is 2. The van der Waals surface area contributed by atoms with E-state index in [-0.39, 0.29) is 13.2 Å². The molecule has 0 radical (unpaired) electrons. The van der Waals surface area contributed by atoms with Gasteiger partial charge in [0, 0.05) is 0 Å². The third-order valence-corrected chi connectivity index (χ3v) is 0.674. The Labute approximate surface area is 52.6 Å². The van der Waals surface area contributed by atoms with Gasteiger partial charge in [0.15, 0.2) is 0 Å². The van der Waals surface area contributed by atoms with Crippen molar-refractivity contribution in [1.29, 1.82) is 0 Å². The van der Waals surface area contributed by atoms with Crippen molar-refractivity contribution in [2.75, 3.05) is 13.2 Å². The lowest BCUT2D eigenvalue weighted by molar-refractivity contribution is 0.134. The van der Waals surface area contributed by atoms with E-state index in [1.165, 1.54) is 0 Å². The highest BCUT2D eigenvalue weighted by Crippen LogP contribution is 1.78. The molecule has 1 amide bonds. The number of rotatable bonds is 3. The fourth-order valence-corrected chi connectivity index (χ4v) is 0.242. The monoisotopic (exact) mass is 134 g/mol. The minimum atomic E-state index is -0.876. The first-order chi connectivity index (χ1) is 4.16. The van der Waals surface area contributed by atoms with Crippen LogP contribution in [0.3, 0.4) is 0 Å². The van der Waals surface area contributed by atoms with Crippen LogP contribution in [0.2, 0.25) is 0 Å². The number of amides is 1.